The first-order valence-electron chi connectivity index (χ1n) is 10.5. The molecule has 1 aliphatic heterocycles. The van der Waals surface area contributed by atoms with Gasteiger partial charge in [-0.25, -0.2) is 4.79 Å². The van der Waals surface area contributed by atoms with Gasteiger partial charge in [0.05, 0.1) is 12.8 Å². The van der Waals surface area contributed by atoms with Crippen LogP contribution in [0.1, 0.15) is 12.5 Å². The third kappa shape index (κ3) is 4.77. The van der Waals surface area contributed by atoms with Crippen molar-refractivity contribution in [2.24, 2.45) is 0 Å². The summed E-state index contributed by atoms with van der Waals surface area (Å²) in [4.78, 5) is 16.6. The molecule has 0 radical (unpaired) electrons. The van der Waals surface area contributed by atoms with Crippen LogP contribution in [-0.4, -0.2) is 54.4 Å². The molecule has 1 saturated heterocycles. The van der Waals surface area contributed by atoms with E-state index in [-0.39, 0.29) is 6.03 Å². The number of amides is 2. The van der Waals surface area contributed by atoms with Crippen LogP contribution in [0.3, 0.4) is 0 Å². The summed E-state index contributed by atoms with van der Waals surface area (Å²) < 4.78 is 5.41. The van der Waals surface area contributed by atoms with Crippen LogP contribution in [-0.2, 0) is 6.42 Å². The molecular formula is C24H27N5O2. The number of anilines is 2. The predicted octanol–water partition coefficient (Wildman–Crippen LogP) is 4.07. The number of nitrogens with zero attached hydrogens (tertiary/aromatic N) is 4. The molecule has 160 valence electrons. The Labute approximate surface area is 182 Å². The number of aryl methyl sites for hydroxylation is 1. The lowest BCUT2D eigenvalue weighted by Gasteiger charge is -2.35. The Balaban J connectivity index is 1.34. The molecule has 7 nitrogen and oxygen atoms in total. The lowest BCUT2D eigenvalue weighted by molar-refractivity contribution is 0.208. The number of rotatable bonds is 5. The van der Waals surface area contributed by atoms with Gasteiger partial charge in [-0.2, -0.15) is 0 Å². The van der Waals surface area contributed by atoms with Crippen LogP contribution in [0.15, 0.2) is 60.7 Å². The number of nitrogens with one attached hydrogen (secondary N) is 1. The van der Waals surface area contributed by atoms with E-state index in [0.29, 0.717) is 26.2 Å². The second kappa shape index (κ2) is 9.47. The molecular weight excluding hydrogens is 390 g/mol. The van der Waals surface area contributed by atoms with E-state index in [2.05, 4.69) is 27.3 Å². The van der Waals surface area contributed by atoms with Gasteiger partial charge < -0.3 is 19.9 Å². The summed E-state index contributed by atoms with van der Waals surface area (Å²) >= 11 is 0. The summed E-state index contributed by atoms with van der Waals surface area (Å²) in [6, 6.07) is 19.6. The summed E-state index contributed by atoms with van der Waals surface area (Å²) in [5.41, 5.74) is 3.76. The molecule has 3 aromatic rings. The van der Waals surface area contributed by atoms with Crippen molar-refractivity contribution in [3.8, 4) is 17.0 Å². The highest BCUT2D eigenvalue weighted by atomic mass is 16.5. The van der Waals surface area contributed by atoms with Gasteiger partial charge in [0.1, 0.15) is 5.75 Å². The number of hydrogen-bond donors (Lipinski definition) is 1. The van der Waals surface area contributed by atoms with Crippen LogP contribution in [0.5, 0.6) is 5.75 Å². The van der Waals surface area contributed by atoms with Gasteiger partial charge in [-0.15, -0.1) is 10.2 Å². The smallest absolute Gasteiger partial charge is 0.321 e. The van der Waals surface area contributed by atoms with Gasteiger partial charge in [0.25, 0.3) is 0 Å². The van der Waals surface area contributed by atoms with E-state index in [9.17, 15) is 4.79 Å². The zero-order valence-electron chi connectivity index (χ0n) is 17.9. The average Bonchev–Trinajstić information content (AvgIpc) is 2.84. The molecule has 31 heavy (non-hydrogen) atoms. The Morgan fingerprint density at radius 2 is 1.71 bits per heavy atom. The maximum absolute atomic E-state index is 12.6. The van der Waals surface area contributed by atoms with Crippen LogP contribution in [0.2, 0.25) is 0 Å². The topological polar surface area (TPSA) is 70.6 Å². The van der Waals surface area contributed by atoms with Crippen LogP contribution in [0.4, 0.5) is 16.3 Å². The quantitative estimate of drug-likeness (QED) is 0.678. The molecule has 1 aromatic heterocycles. The Morgan fingerprint density at radius 3 is 2.35 bits per heavy atom. The van der Waals surface area contributed by atoms with Crippen LogP contribution < -0.4 is 15.0 Å². The van der Waals surface area contributed by atoms with Crippen molar-refractivity contribution in [2.75, 3.05) is 43.5 Å². The van der Waals surface area contributed by atoms with Gasteiger partial charge in [0.15, 0.2) is 5.82 Å². The van der Waals surface area contributed by atoms with Crippen LogP contribution >= 0.6 is 0 Å². The highest BCUT2D eigenvalue weighted by molar-refractivity contribution is 5.89. The number of para-hydroxylation sites is 1. The molecule has 7 heteroatoms. The molecule has 1 N–H and O–H groups in total. The largest absolute Gasteiger partial charge is 0.496 e. The number of ether oxygens (including phenoxy) is 1. The third-order valence-electron chi connectivity index (χ3n) is 5.54. The van der Waals surface area contributed by atoms with Gasteiger partial charge in [-0.1, -0.05) is 31.2 Å². The van der Waals surface area contributed by atoms with E-state index in [0.717, 1.165) is 34.9 Å². The lowest BCUT2D eigenvalue weighted by atomic mass is 10.1. The Kier molecular flexibility index (Phi) is 6.31. The molecule has 1 aliphatic rings. The minimum absolute atomic E-state index is 0.0681. The number of carbonyl (C=O) groups is 1. The second-order valence-corrected chi connectivity index (χ2v) is 7.43. The lowest BCUT2D eigenvalue weighted by Crippen LogP contribution is -2.50. The normalized spacial score (nSPS) is 13.7. The molecule has 0 spiro atoms. The fourth-order valence-corrected chi connectivity index (χ4v) is 3.66. The van der Waals surface area contributed by atoms with E-state index in [1.807, 2.05) is 65.6 Å². The Bertz CT molecular complexity index is 1010. The number of methoxy groups -OCH3 is 1. The number of carbonyl (C=O) groups excluding carboxylic acids is 1. The van der Waals surface area contributed by atoms with Crippen molar-refractivity contribution in [3.05, 3.63) is 66.2 Å². The first-order chi connectivity index (χ1) is 15.2. The van der Waals surface area contributed by atoms with Gasteiger partial charge in [-0.3, -0.25) is 0 Å². The van der Waals surface area contributed by atoms with Crippen LogP contribution in [0, 0.1) is 0 Å². The number of benzene rings is 2. The van der Waals surface area contributed by atoms with Crippen molar-refractivity contribution in [2.45, 2.75) is 13.3 Å². The van der Waals surface area contributed by atoms with E-state index in [1.54, 1.807) is 7.11 Å². The molecule has 2 amide bonds. The Hall–Kier alpha value is -3.61. The minimum Gasteiger partial charge on any atom is -0.496 e. The third-order valence-corrected chi connectivity index (χ3v) is 5.54. The molecule has 0 bridgehead atoms. The fraction of sp³-hybridized carbons (Fsp3) is 0.292. The number of piperazine rings is 1. The first kappa shape index (κ1) is 20.7. The SMILES string of the molecule is CCc1ccc(NC(=O)N2CCN(c3ccc(-c4ccccc4OC)nn3)CC2)cc1. The average molecular weight is 418 g/mol. The highest BCUT2D eigenvalue weighted by Crippen LogP contribution is 2.28. The number of aromatic nitrogens is 2. The summed E-state index contributed by atoms with van der Waals surface area (Å²) in [5.74, 6) is 1.59. The monoisotopic (exact) mass is 417 g/mol. The zero-order chi connectivity index (χ0) is 21.6. The predicted molar refractivity (Wildman–Crippen MR) is 123 cm³/mol. The first-order valence-corrected chi connectivity index (χ1v) is 10.5. The van der Waals surface area contributed by atoms with E-state index in [4.69, 9.17) is 4.74 Å². The number of urea groups is 1. The van der Waals surface area contributed by atoms with Crippen molar-refractivity contribution in [3.63, 3.8) is 0 Å². The molecule has 0 aliphatic carbocycles. The van der Waals surface area contributed by atoms with E-state index < -0.39 is 0 Å². The van der Waals surface area contributed by atoms with Crippen molar-refractivity contribution >= 4 is 17.5 Å². The summed E-state index contributed by atoms with van der Waals surface area (Å²) in [7, 11) is 1.65. The summed E-state index contributed by atoms with van der Waals surface area (Å²) in [5, 5.41) is 11.8. The summed E-state index contributed by atoms with van der Waals surface area (Å²) in [6.45, 7) is 4.81. The van der Waals surface area contributed by atoms with Gasteiger partial charge in [-0.05, 0) is 48.4 Å². The zero-order valence-corrected chi connectivity index (χ0v) is 17.9. The maximum Gasteiger partial charge on any atom is 0.321 e. The van der Waals surface area contributed by atoms with Crippen LogP contribution in [0.25, 0.3) is 11.3 Å². The molecule has 0 saturated carbocycles. The van der Waals surface area contributed by atoms with Gasteiger partial charge >= 0.3 is 6.03 Å². The Morgan fingerprint density at radius 1 is 0.968 bits per heavy atom. The van der Waals surface area contributed by atoms with Crippen molar-refractivity contribution in [1.29, 1.82) is 0 Å². The molecule has 2 aromatic carbocycles. The highest BCUT2D eigenvalue weighted by Gasteiger charge is 2.22. The molecule has 4 rings (SSSR count). The molecule has 1 fully saturated rings. The fourth-order valence-electron chi connectivity index (χ4n) is 3.66. The van der Waals surface area contributed by atoms with Crippen molar-refractivity contribution < 1.29 is 9.53 Å². The van der Waals surface area contributed by atoms with E-state index in [1.165, 1.54) is 5.56 Å². The minimum atomic E-state index is -0.0681. The molecule has 0 unspecified atom stereocenters. The van der Waals surface area contributed by atoms with Crippen molar-refractivity contribution in [1.82, 2.24) is 15.1 Å². The standard InChI is InChI=1S/C24H27N5O2/c1-3-18-8-10-19(11-9-18)25-24(30)29-16-14-28(15-17-29)23-13-12-21(26-27-23)20-6-4-5-7-22(20)31-2/h4-13H,3,14-17H2,1-2H3,(H,25,30). The maximum atomic E-state index is 12.6. The van der Waals surface area contributed by atoms with E-state index >= 15 is 0 Å². The molecule has 0 atom stereocenters. The molecule has 2 heterocycles. The second-order valence-electron chi connectivity index (χ2n) is 7.43. The summed E-state index contributed by atoms with van der Waals surface area (Å²) in [6.07, 6.45) is 0.985. The van der Waals surface area contributed by atoms with Gasteiger partial charge in [0.2, 0.25) is 0 Å². The van der Waals surface area contributed by atoms with Gasteiger partial charge in [0, 0.05) is 37.4 Å². The number of hydrogen-bond acceptors (Lipinski definition) is 5.